The molecule has 2 atom stereocenters. The fourth-order valence-electron chi connectivity index (χ4n) is 3.68. The molecule has 7 nitrogen and oxygen atoms in total. The van der Waals surface area contributed by atoms with E-state index < -0.39 is 0 Å². The lowest BCUT2D eigenvalue weighted by molar-refractivity contribution is 0.0769. The van der Waals surface area contributed by atoms with Gasteiger partial charge in [-0.1, -0.05) is 0 Å². The summed E-state index contributed by atoms with van der Waals surface area (Å²) < 4.78 is 1.79. The van der Waals surface area contributed by atoms with Gasteiger partial charge in [-0.2, -0.15) is 0 Å². The summed E-state index contributed by atoms with van der Waals surface area (Å²) in [5.74, 6) is 2.40. The van der Waals surface area contributed by atoms with Crippen molar-refractivity contribution in [1.82, 2.24) is 24.4 Å². The lowest BCUT2D eigenvalue weighted by atomic mass is 9.89. The fraction of sp³-hybridized carbons (Fsp3) is 0.500. The second kappa shape index (κ2) is 5.64. The number of carbonyl (C=O) groups is 1. The van der Waals surface area contributed by atoms with Gasteiger partial charge in [0, 0.05) is 58.0 Å². The summed E-state index contributed by atoms with van der Waals surface area (Å²) in [5.41, 5.74) is 0. The van der Waals surface area contributed by atoms with Gasteiger partial charge in [-0.15, -0.1) is 0 Å². The summed E-state index contributed by atoms with van der Waals surface area (Å²) in [7, 11) is 1.86. The van der Waals surface area contributed by atoms with Gasteiger partial charge < -0.3 is 14.4 Å². The second-order valence-electron chi connectivity index (χ2n) is 6.38. The van der Waals surface area contributed by atoms with Crippen LogP contribution in [0.15, 0.2) is 30.9 Å². The van der Waals surface area contributed by atoms with Crippen molar-refractivity contribution in [1.29, 1.82) is 0 Å². The first kappa shape index (κ1) is 14.2. The SMILES string of the molecule is Cn1ccnc1C(=O)N1C[C@H]2CCN(c3ncccn3)C[C@H]2C1. The van der Waals surface area contributed by atoms with Crippen molar-refractivity contribution in [3.63, 3.8) is 0 Å². The van der Waals surface area contributed by atoms with Crippen molar-refractivity contribution in [2.75, 3.05) is 31.1 Å². The summed E-state index contributed by atoms with van der Waals surface area (Å²) in [4.78, 5) is 29.7. The smallest absolute Gasteiger partial charge is 0.289 e. The number of piperidine rings is 1. The molecule has 2 aromatic rings. The Labute approximate surface area is 135 Å². The molecule has 0 spiro atoms. The van der Waals surface area contributed by atoms with Crippen LogP contribution < -0.4 is 4.90 Å². The van der Waals surface area contributed by atoms with Gasteiger partial charge in [-0.25, -0.2) is 15.0 Å². The maximum absolute atomic E-state index is 12.6. The highest BCUT2D eigenvalue weighted by Crippen LogP contribution is 2.32. The number of likely N-dealkylation sites (tertiary alicyclic amines) is 1. The average molecular weight is 312 g/mol. The van der Waals surface area contributed by atoms with Gasteiger partial charge in [0.05, 0.1) is 0 Å². The summed E-state index contributed by atoms with van der Waals surface area (Å²) in [5, 5.41) is 0. The Balaban J connectivity index is 1.46. The van der Waals surface area contributed by atoms with Crippen molar-refractivity contribution in [2.45, 2.75) is 6.42 Å². The molecule has 2 aliphatic rings. The normalized spacial score (nSPS) is 23.9. The topological polar surface area (TPSA) is 67.2 Å². The molecule has 0 N–H and O–H groups in total. The van der Waals surface area contributed by atoms with E-state index in [1.165, 1.54) is 0 Å². The summed E-state index contributed by atoms with van der Waals surface area (Å²) in [6.45, 7) is 3.49. The van der Waals surface area contributed by atoms with Gasteiger partial charge in [0.15, 0.2) is 5.82 Å². The zero-order valence-corrected chi connectivity index (χ0v) is 13.2. The molecule has 120 valence electrons. The molecule has 23 heavy (non-hydrogen) atoms. The van der Waals surface area contributed by atoms with Crippen LogP contribution in [-0.4, -0.2) is 56.5 Å². The molecule has 2 aliphatic heterocycles. The van der Waals surface area contributed by atoms with E-state index in [-0.39, 0.29) is 5.91 Å². The van der Waals surface area contributed by atoms with Crippen molar-refractivity contribution in [3.8, 4) is 0 Å². The van der Waals surface area contributed by atoms with Crippen molar-refractivity contribution >= 4 is 11.9 Å². The average Bonchev–Trinajstić information content (AvgIpc) is 3.20. The number of hydrogen-bond acceptors (Lipinski definition) is 5. The Hall–Kier alpha value is -2.44. The Kier molecular flexibility index (Phi) is 3.48. The Morgan fingerprint density at radius 3 is 2.61 bits per heavy atom. The predicted molar refractivity (Wildman–Crippen MR) is 85.0 cm³/mol. The number of anilines is 1. The number of imidazole rings is 1. The van der Waals surface area contributed by atoms with Crippen LogP contribution in [0.1, 0.15) is 17.0 Å². The molecular formula is C16H20N6O. The molecule has 0 aromatic carbocycles. The van der Waals surface area contributed by atoms with Crippen molar-refractivity contribution in [3.05, 3.63) is 36.7 Å². The first-order valence-corrected chi connectivity index (χ1v) is 8.01. The number of aromatic nitrogens is 4. The van der Waals surface area contributed by atoms with E-state index in [9.17, 15) is 4.79 Å². The van der Waals surface area contributed by atoms with Crippen molar-refractivity contribution < 1.29 is 4.79 Å². The molecule has 0 aliphatic carbocycles. The molecule has 0 radical (unpaired) electrons. The van der Waals surface area contributed by atoms with E-state index >= 15 is 0 Å². The monoisotopic (exact) mass is 312 g/mol. The van der Waals surface area contributed by atoms with Gasteiger partial charge in [0.25, 0.3) is 5.91 Å². The fourth-order valence-corrected chi connectivity index (χ4v) is 3.68. The summed E-state index contributed by atoms with van der Waals surface area (Å²) in [6.07, 6.45) is 8.11. The van der Waals surface area contributed by atoms with Gasteiger partial charge in [-0.05, 0) is 24.3 Å². The molecular weight excluding hydrogens is 292 g/mol. The minimum Gasteiger partial charge on any atom is -0.340 e. The summed E-state index contributed by atoms with van der Waals surface area (Å²) in [6, 6.07) is 1.83. The third-order valence-corrected chi connectivity index (χ3v) is 4.94. The summed E-state index contributed by atoms with van der Waals surface area (Å²) >= 11 is 0. The lowest BCUT2D eigenvalue weighted by Crippen LogP contribution is -2.40. The van der Waals surface area contributed by atoms with Crippen LogP contribution in [-0.2, 0) is 7.05 Å². The van der Waals surface area contributed by atoms with Crippen LogP contribution in [0.4, 0.5) is 5.95 Å². The third-order valence-electron chi connectivity index (χ3n) is 4.94. The number of hydrogen-bond donors (Lipinski definition) is 0. The highest BCUT2D eigenvalue weighted by atomic mass is 16.2. The van der Waals surface area contributed by atoms with Crippen LogP contribution >= 0.6 is 0 Å². The largest absolute Gasteiger partial charge is 0.340 e. The van der Waals surface area contributed by atoms with Crippen LogP contribution in [0.2, 0.25) is 0 Å². The molecule has 7 heteroatoms. The standard InChI is InChI=1S/C16H20N6O/c1-20-8-6-17-14(20)15(23)22-9-12-3-7-21(10-13(12)11-22)16-18-4-2-5-19-16/h2,4-6,8,12-13H,3,7,9-11H2,1H3/t12-,13+/m1/s1. The Morgan fingerprint density at radius 1 is 1.09 bits per heavy atom. The second-order valence-corrected chi connectivity index (χ2v) is 6.38. The lowest BCUT2D eigenvalue weighted by Gasteiger charge is -2.34. The Morgan fingerprint density at radius 2 is 1.87 bits per heavy atom. The quantitative estimate of drug-likeness (QED) is 0.821. The molecule has 0 saturated carbocycles. The van der Waals surface area contributed by atoms with Gasteiger partial charge in [-0.3, -0.25) is 4.79 Å². The zero-order valence-electron chi connectivity index (χ0n) is 13.2. The molecule has 4 rings (SSSR count). The minimum atomic E-state index is 0.0365. The van der Waals surface area contributed by atoms with Crippen molar-refractivity contribution in [2.24, 2.45) is 18.9 Å². The van der Waals surface area contributed by atoms with E-state index in [1.807, 2.05) is 24.2 Å². The number of nitrogens with zero attached hydrogens (tertiary/aromatic N) is 6. The number of amides is 1. The molecule has 0 unspecified atom stereocenters. The van der Waals surface area contributed by atoms with E-state index in [2.05, 4.69) is 19.9 Å². The zero-order chi connectivity index (χ0) is 15.8. The number of rotatable bonds is 2. The first-order valence-electron chi connectivity index (χ1n) is 8.01. The van der Waals surface area contributed by atoms with Crippen LogP contribution in [0, 0.1) is 11.8 Å². The van der Waals surface area contributed by atoms with E-state index in [1.54, 1.807) is 23.2 Å². The molecule has 4 heterocycles. The van der Waals surface area contributed by atoms with Gasteiger partial charge >= 0.3 is 0 Å². The number of fused-ring (bicyclic) bond motifs is 1. The van der Waals surface area contributed by atoms with Gasteiger partial charge in [0.1, 0.15) is 0 Å². The highest BCUT2D eigenvalue weighted by molar-refractivity contribution is 5.91. The first-order chi connectivity index (χ1) is 11.2. The molecule has 2 fully saturated rings. The maximum Gasteiger partial charge on any atom is 0.289 e. The highest BCUT2D eigenvalue weighted by Gasteiger charge is 2.40. The van der Waals surface area contributed by atoms with E-state index in [4.69, 9.17) is 0 Å². The molecule has 2 saturated heterocycles. The Bertz CT molecular complexity index is 700. The predicted octanol–water partition coefficient (Wildman–Crippen LogP) is 0.809. The third kappa shape index (κ3) is 2.56. The van der Waals surface area contributed by atoms with E-state index in [0.717, 1.165) is 38.5 Å². The van der Waals surface area contributed by atoms with Crippen LogP contribution in [0.5, 0.6) is 0 Å². The maximum atomic E-state index is 12.6. The van der Waals surface area contributed by atoms with E-state index in [0.29, 0.717) is 17.7 Å². The van der Waals surface area contributed by atoms with Crippen LogP contribution in [0.3, 0.4) is 0 Å². The molecule has 2 aromatic heterocycles. The van der Waals surface area contributed by atoms with Crippen LogP contribution in [0.25, 0.3) is 0 Å². The number of aryl methyl sites for hydroxylation is 1. The minimum absolute atomic E-state index is 0.0365. The molecule has 1 amide bonds. The number of carbonyl (C=O) groups excluding carboxylic acids is 1. The van der Waals surface area contributed by atoms with Gasteiger partial charge in [0.2, 0.25) is 5.95 Å². The molecule has 0 bridgehead atoms.